The lowest BCUT2D eigenvalue weighted by Gasteiger charge is -2.34. The zero-order valence-corrected chi connectivity index (χ0v) is 18.9. The zero-order chi connectivity index (χ0) is 22.6. The standard InChI is InChI=1S/C26H29N5O2/c1-33-20-9-10-22-21(16-20)24(11-13-27-22)30-14-4-6-19(17-30)26(32)28-12-5-15-31-18-29-23-7-2-3-8-25(23)31/h2-3,7-11,13,16,18-19H,4-6,12,14-15,17H2,1H3,(H,28,32). The van der Waals surface area contributed by atoms with E-state index in [1.807, 2.05) is 55.0 Å². The van der Waals surface area contributed by atoms with Crippen molar-refractivity contribution >= 4 is 33.5 Å². The molecule has 3 heterocycles. The first-order chi connectivity index (χ1) is 16.2. The van der Waals surface area contributed by atoms with Gasteiger partial charge in [-0.25, -0.2) is 4.98 Å². The molecule has 1 saturated heterocycles. The molecule has 1 fully saturated rings. The van der Waals surface area contributed by atoms with E-state index in [-0.39, 0.29) is 11.8 Å². The average molecular weight is 444 g/mol. The number of carbonyl (C=O) groups excluding carboxylic acids is 1. The molecule has 0 radical (unpaired) electrons. The summed E-state index contributed by atoms with van der Waals surface area (Å²) in [5, 5.41) is 4.22. The van der Waals surface area contributed by atoms with Gasteiger partial charge in [0, 0.05) is 43.4 Å². The van der Waals surface area contributed by atoms with Gasteiger partial charge < -0.3 is 19.5 Å². The summed E-state index contributed by atoms with van der Waals surface area (Å²) in [6.45, 7) is 3.15. The third-order valence-electron chi connectivity index (χ3n) is 6.46. The number of amides is 1. The van der Waals surface area contributed by atoms with Crippen LogP contribution in [-0.4, -0.2) is 47.2 Å². The summed E-state index contributed by atoms with van der Waals surface area (Å²) < 4.78 is 7.56. The van der Waals surface area contributed by atoms with Crippen molar-refractivity contribution in [1.29, 1.82) is 0 Å². The Morgan fingerprint density at radius 1 is 1.15 bits per heavy atom. The van der Waals surface area contributed by atoms with Gasteiger partial charge in [0.25, 0.3) is 0 Å². The summed E-state index contributed by atoms with van der Waals surface area (Å²) in [5.74, 6) is 0.946. The lowest BCUT2D eigenvalue weighted by atomic mass is 9.96. The molecular formula is C26H29N5O2. The van der Waals surface area contributed by atoms with E-state index in [1.165, 1.54) is 0 Å². The van der Waals surface area contributed by atoms with Crippen LogP contribution in [-0.2, 0) is 11.3 Å². The summed E-state index contributed by atoms with van der Waals surface area (Å²) in [5.41, 5.74) is 4.19. The van der Waals surface area contributed by atoms with Crippen LogP contribution >= 0.6 is 0 Å². The number of piperidine rings is 1. The van der Waals surface area contributed by atoms with Crippen LogP contribution in [0.5, 0.6) is 5.75 Å². The molecule has 1 aliphatic rings. The number of ether oxygens (including phenoxy) is 1. The molecule has 33 heavy (non-hydrogen) atoms. The third-order valence-corrected chi connectivity index (χ3v) is 6.46. The van der Waals surface area contributed by atoms with E-state index < -0.39 is 0 Å². The highest BCUT2D eigenvalue weighted by atomic mass is 16.5. The minimum absolute atomic E-state index is 0.0124. The fraction of sp³-hybridized carbons (Fsp3) is 0.346. The minimum atomic E-state index is -0.0124. The fourth-order valence-electron chi connectivity index (χ4n) is 4.72. The lowest BCUT2D eigenvalue weighted by molar-refractivity contribution is -0.125. The second-order valence-electron chi connectivity index (χ2n) is 8.57. The first-order valence-corrected chi connectivity index (χ1v) is 11.6. The molecule has 2 aromatic heterocycles. The molecule has 0 saturated carbocycles. The normalized spacial score (nSPS) is 16.3. The number of aromatic nitrogens is 3. The Kier molecular flexibility index (Phi) is 6.11. The number of fused-ring (bicyclic) bond motifs is 2. The highest BCUT2D eigenvalue weighted by Crippen LogP contribution is 2.31. The number of hydrogen-bond donors (Lipinski definition) is 1. The number of benzene rings is 2. The van der Waals surface area contributed by atoms with Gasteiger partial charge in [-0.1, -0.05) is 12.1 Å². The largest absolute Gasteiger partial charge is 0.497 e. The summed E-state index contributed by atoms with van der Waals surface area (Å²) in [7, 11) is 1.67. The molecule has 0 bridgehead atoms. The van der Waals surface area contributed by atoms with E-state index in [9.17, 15) is 4.79 Å². The fourth-order valence-corrected chi connectivity index (χ4v) is 4.72. The van der Waals surface area contributed by atoms with Crippen LogP contribution in [0.2, 0.25) is 0 Å². The minimum Gasteiger partial charge on any atom is -0.497 e. The van der Waals surface area contributed by atoms with Gasteiger partial charge in [-0.05, 0) is 55.7 Å². The topological polar surface area (TPSA) is 72.3 Å². The number of nitrogens with zero attached hydrogens (tertiary/aromatic N) is 4. The van der Waals surface area contributed by atoms with Crippen molar-refractivity contribution < 1.29 is 9.53 Å². The molecule has 1 aliphatic heterocycles. The van der Waals surface area contributed by atoms with Crippen molar-refractivity contribution in [1.82, 2.24) is 19.9 Å². The summed E-state index contributed by atoms with van der Waals surface area (Å²) >= 11 is 0. The predicted molar refractivity (Wildman–Crippen MR) is 131 cm³/mol. The molecule has 170 valence electrons. The molecule has 0 spiro atoms. The van der Waals surface area contributed by atoms with Gasteiger partial charge in [0.2, 0.25) is 5.91 Å². The van der Waals surface area contributed by atoms with Crippen molar-refractivity contribution in [2.24, 2.45) is 5.92 Å². The monoisotopic (exact) mass is 443 g/mol. The van der Waals surface area contributed by atoms with Crippen molar-refractivity contribution in [3.63, 3.8) is 0 Å². The Labute approximate surface area is 193 Å². The lowest BCUT2D eigenvalue weighted by Crippen LogP contribution is -2.43. The van der Waals surface area contributed by atoms with Gasteiger partial charge in [0.05, 0.1) is 35.9 Å². The number of rotatable bonds is 7. The quantitative estimate of drug-likeness (QED) is 0.437. The highest BCUT2D eigenvalue weighted by Gasteiger charge is 2.26. The summed E-state index contributed by atoms with van der Waals surface area (Å²) in [4.78, 5) is 24.2. The van der Waals surface area contributed by atoms with Crippen molar-refractivity contribution in [2.75, 3.05) is 31.6 Å². The molecule has 1 unspecified atom stereocenters. The number of methoxy groups -OCH3 is 1. The molecule has 1 atom stereocenters. The number of pyridine rings is 1. The molecule has 2 aromatic carbocycles. The van der Waals surface area contributed by atoms with Crippen LogP contribution in [0.25, 0.3) is 21.9 Å². The molecule has 1 amide bonds. The van der Waals surface area contributed by atoms with Gasteiger partial charge >= 0.3 is 0 Å². The molecule has 7 heteroatoms. The Hall–Kier alpha value is -3.61. The van der Waals surface area contributed by atoms with Crippen molar-refractivity contribution in [3.05, 3.63) is 61.1 Å². The second-order valence-corrected chi connectivity index (χ2v) is 8.57. The zero-order valence-electron chi connectivity index (χ0n) is 18.9. The maximum atomic E-state index is 12.9. The van der Waals surface area contributed by atoms with Crippen molar-refractivity contribution in [2.45, 2.75) is 25.8 Å². The number of aryl methyl sites for hydroxylation is 1. The van der Waals surface area contributed by atoms with E-state index in [1.54, 1.807) is 7.11 Å². The van der Waals surface area contributed by atoms with Crippen LogP contribution < -0.4 is 15.0 Å². The molecule has 5 rings (SSSR count). The van der Waals surface area contributed by atoms with Crippen LogP contribution in [0, 0.1) is 5.92 Å². The maximum Gasteiger partial charge on any atom is 0.224 e. The number of anilines is 1. The van der Waals surface area contributed by atoms with Crippen LogP contribution in [0.15, 0.2) is 61.1 Å². The number of imidazole rings is 1. The van der Waals surface area contributed by atoms with E-state index in [2.05, 4.69) is 30.8 Å². The van der Waals surface area contributed by atoms with E-state index >= 15 is 0 Å². The Balaban J connectivity index is 1.19. The average Bonchev–Trinajstić information content (AvgIpc) is 3.29. The number of para-hydroxylation sites is 2. The predicted octanol–water partition coefficient (Wildman–Crippen LogP) is 4.02. The first-order valence-electron chi connectivity index (χ1n) is 11.6. The van der Waals surface area contributed by atoms with E-state index in [4.69, 9.17) is 4.74 Å². The number of carbonyl (C=O) groups is 1. The van der Waals surface area contributed by atoms with Crippen LogP contribution in [0.3, 0.4) is 0 Å². The molecule has 1 N–H and O–H groups in total. The molecule has 0 aliphatic carbocycles. The highest BCUT2D eigenvalue weighted by molar-refractivity contribution is 5.93. The smallest absolute Gasteiger partial charge is 0.224 e. The van der Waals surface area contributed by atoms with Crippen molar-refractivity contribution in [3.8, 4) is 5.75 Å². The van der Waals surface area contributed by atoms with Crippen LogP contribution in [0.4, 0.5) is 5.69 Å². The summed E-state index contributed by atoms with van der Waals surface area (Å²) in [6, 6.07) is 16.1. The molecule has 7 nitrogen and oxygen atoms in total. The van der Waals surface area contributed by atoms with Crippen LogP contribution in [0.1, 0.15) is 19.3 Å². The Bertz CT molecular complexity index is 1270. The van der Waals surface area contributed by atoms with Gasteiger partial charge in [-0.3, -0.25) is 9.78 Å². The van der Waals surface area contributed by atoms with Gasteiger partial charge in [0.15, 0.2) is 0 Å². The Morgan fingerprint density at radius 2 is 2.06 bits per heavy atom. The number of hydrogen-bond acceptors (Lipinski definition) is 5. The summed E-state index contributed by atoms with van der Waals surface area (Å²) in [6.07, 6.45) is 6.50. The molecule has 4 aromatic rings. The molecular weight excluding hydrogens is 414 g/mol. The van der Waals surface area contributed by atoms with Gasteiger partial charge in [-0.15, -0.1) is 0 Å². The van der Waals surface area contributed by atoms with E-state index in [0.29, 0.717) is 13.1 Å². The Morgan fingerprint density at radius 3 is 2.97 bits per heavy atom. The second kappa shape index (κ2) is 9.48. The SMILES string of the molecule is COc1ccc2nccc(N3CCCC(C(=O)NCCCn4cnc5ccccc54)C3)c2c1. The van der Waals surface area contributed by atoms with Gasteiger partial charge in [-0.2, -0.15) is 0 Å². The number of nitrogens with one attached hydrogen (secondary N) is 1. The first kappa shape index (κ1) is 21.2. The van der Waals surface area contributed by atoms with E-state index in [0.717, 1.165) is 65.7 Å². The maximum absolute atomic E-state index is 12.9. The third kappa shape index (κ3) is 4.49. The van der Waals surface area contributed by atoms with Gasteiger partial charge in [0.1, 0.15) is 5.75 Å².